The van der Waals surface area contributed by atoms with Gasteiger partial charge in [-0.1, -0.05) is 19.6 Å². The summed E-state index contributed by atoms with van der Waals surface area (Å²) in [5.74, 6) is 0.613. The smallest absolute Gasteiger partial charge is 0.253 e. The van der Waals surface area contributed by atoms with E-state index in [9.17, 15) is 9.90 Å². The van der Waals surface area contributed by atoms with Crippen LogP contribution in [0.2, 0.25) is 25.7 Å². The van der Waals surface area contributed by atoms with Crippen LogP contribution in [0.3, 0.4) is 0 Å². The number of phenols is 1. The molecule has 0 saturated carbocycles. The van der Waals surface area contributed by atoms with Gasteiger partial charge in [-0.2, -0.15) is 0 Å². The molecule has 1 N–H and O–H groups in total. The molecule has 6 nitrogen and oxygen atoms in total. The van der Waals surface area contributed by atoms with Crippen molar-refractivity contribution in [3.05, 3.63) is 23.5 Å². The fourth-order valence-electron chi connectivity index (χ4n) is 2.40. The van der Waals surface area contributed by atoms with Crippen molar-refractivity contribution in [3.63, 3.8) is 0 Å². The Hall–Kier alpha value is -1.86. The molecular weight excluding hydrogens is 322 g/mol. The molecule has 1 aromatic carbocycles. The zero-order valence-corrected chi connectivity index (χ0v) is 16.4. The lowest BCUT2D eigenvalue weighted by atomic mass is 10.1. The first-order chi connectivity index (χ1) is 11.1. The predicted molar refractivity (Wildman–Crippen MR) is 98.3 cm³/mol. The Morgan fingerprint density at radius 3 is 2.58 bits per heavy atom. The van der Waals surface area contributed by atoms with Gasteiger partial charge in [0.05, 0.1) is 5.52 Å². The number of aromatic hydroxyl groups is 1. The van der Waals surface area contributed by atoms with E-state index in [1.54, 1.807) is 20.2 Å². The van der Waals surface area contributed by atoms with Crippen molar-refractivity contribution in [2.75, 3.05) is 20.7 Å². The maximum atomic E-state index is 12.2. The fourth-order valence-corrected chi connectivity index (χ4v) is 3.16. The van der Waals surface area contributed by atoms with Crippen LogP contribution in [-0.4, -0.2) is 54.2 Å². The molecule has 0 radical (unpaired) electrons. The van der Waals surface area contributed by atoms with Crippen LogP contribution < -0.4 is 0 Å². The Labute approximate surface area is 144 Å². The van der Waals surface area contributed by atoms with Crippen molar-refractivity contribution in [1.29, 1.82) is 0 Å². The summed E-state index contributed by atoms with van der Waals surface area (Å²) in [7, 11) is 2.24. The molecule has 2 rings (SSSR count). The second-order valence-electron chi connectivity index (χ2n) is 7.50. The number of carbonyl (C=O) groups is 1. The largest absolute Gasteiger partial charge is 0.506 e. The SMILES string of the molecule is Cc1nc2c(O)cc(C(=O)N(C)C)cc2n1COCC[Si](C)(C)C. The number of aryl methyl sites for hydroxylation is 1. The molecule has 0 aliphatic rings. The third-order valence-corrected chi connectivity index (χ3v) is 5.60. The number of benzene rings is 1. The van der Waals surface area contributed by atoms with E-state index >= 15 is 0 Å². The van der Waals surface area contributed by atoms with Crippen LogP contribution >= 0.6 is 0 Å². The molecule has 132 valence electrons. The minimum atomic E-state index is -1.13. The van der Waals surface area contributed by atoms with Crippen molar-refractivity contribution in [3.8, 4) is 5.75 Å². The first-order valence-electron chi connectivity index (χ1n) is 8.09. The molecule has 1 amide bonds. The summed E-state index contributed by atoms with van der Waals surface area (Å²) in [5, 5.41) is 10.2. The van der Waals surface area contributed by atoms with E-state index in [1.807, 2.05) is 11.5 Å². The van der Waals surface area contributed by atoms with Gasteiger partial charge in [0.1, 0.15) is 23.8 Å². The summed E-state index contributed by atoms with van der Waals surface area (Å²) >= 11 is 0. The minimum absolute atomic E-state index is 0.0154. The molecule has 0 atom stereocenters. The third kappa shape index (κ3) is 4.15. The summed E-state index contributed by atoms with van der Waals surface area (Å²) in [6, 6.07) is 4.32. The quantitative estimate of drug-likeness (QED) is 0.643. The van der Waals surface area contributed by atoms with Crippen molar-refractivity contribution >= 4 is 25.0 Å². The van der Waals surface area contributed by atoms with Gasteiger partial charge in [-0.15, -0.1) is 0 Å². The third-order valence-electron chi connectivity index (χ3n) is 3.89. The summed E-state index contributed by atoms with van der Waals surface area (Å²) in [6.45, 7) is 9.87. The van der Waals surface area contributed by atoms with Gasteiger partial charge in [0.2, 0.25) is 0 Å². The number of hydrogen-bond acceptors (Lipinski definition) is 4. The molecule has 0 unspecified atom stereocenters. The highest BCUT2D eigenvalue weighted by atomic mass is 28.3. The highest BCUT2D eigenvalue weighted by Crippen LogP contribution is 2.27. The average Bonchev–Trinajstić information content (AvgIpc) is 2.78. The molecule has 1 heterocycles. The first kappa shape index (κ1) is 18.5. The van der Waals surface area contributed by atoms with Crippen LogP contribution in [0.4, 0.5) is 0 Å². The van der Waals surface area contributed by atoms with Gasteiger partial charge in [-0.05, 0) is 25.1 Å². The Bertz CT molecular complexity index is 748. The molecule has 0 aliphatic heterocycles. The van der Waals surface area contributed by atoms with E-state index in [4.69, 9.17) is 4.74 Å². The predicted octanol–water partition coefficient (Wildman–Crippen LogP) is 3.06. The Morgan fingerprint density at radius 1 is 1.33 bits per heavy atom. The lowest BCUT2D eigenvalue weighted by Gasteiger charge is -2.16. The monoisotopic (exact) mass is 349 g/mol. The standard InChI is InChI=1S/C17H27N3O3Si/c1-12-18-16-14(20(12)11-23-7-8-24(4,5)6)9-13(10-15(16)21)17(22)19(2)3/h9-10,21H,7-8,11H2,1-6H3. The van der Waals surface area contributed by atoms with Crippen LogP contribution in [0.1, 0.15) is 16.2 Å². The van der Waals surface area contributed by atoms with Gasteiger partial charge < -0.3 is 19.3 Å². The van der Waals surface area contributed by atoms with Crippen molar-refractivity contribution in [1.82, 2.24) is 14.5 Å². The van der Waals surface area contributed by atoms with Crippen LogP contribution in [0.25, 0.3) is 11.0 Å². The van der Waals surface area contributed by atoms with Gasteiger partial charge in [-0.25, -0.2) is 4.98 Å². The Balaban J connectivity index is 2.29. The maximum absolute atomic E-state index is 12.2. The van der Waals surface area contributed by atoms with E-state index in [0.29, 0.717) is 29.9 Å². The van der Waals surface area contributed by atoms with Gasteiger partial charge in [-0.3, -0.25) is 4.79 Å². The highest BCUT2D eigenvalue weighted by Gasteiger charge is 2.17. The number of amides is 1. The molecule has 7 heteroatoms. The number of ether oxygens (including phenoxy) is 1. The number of aromatic nitrogens is 2. The van der Waals surface area contributed by atoms with Gasteiger partial charge >= 0.3 is 0 Å². The second-order valence-corrected chi connectivity index (χ2v) is 13.1. The van der Waals surface area contributed by atoms with E-state index in [0.717, 1.165) is 11.9 Å². The number of rotatable bonds is 6. The van der Waals surface area contributed by atoms with Gasteiger partial charge in [0.15, 0.2) is 0 Å². The zero-order chi connectivity index (χ0) is 18.1. The number of phenolic OH excluding ortho intramolecular Hbond substituents is 1. The molecule has 0 spiro atoms. The van der Waals surface area contributed by atoms with Crippen LogP contribution in [-0.2, 0) is 11.5 Å². The lowest BCUT2D eigenvalue weighted by Crippen LogP contribution is -2.22. The molecule has 0 aliphatic carbocycles. The molecule has 1 aromatic heterocycles. The maximum Gasteiger partial charge on any atom is 0.253 e. The second kappa shape index (κ2) is 6.94. The Kier molecular flexibility index (Phi) is 5.34. The van der Waals surface area contributed by atoms with Crippen LogP contribution in [0, 0.1) is 6.92 Å². The molecule has 24 heavy (non-hydrogen) atoms. The average molecular weight is 350 g/mol. The molecule has 0 bridgehead atoms. The van der Waals surface area contributed by atoms with Crippen LogP contribution in [0.15, 0.2) is 12.1 Å². The van der Waals surface area contributed by atoms with E-state index in [1.165, 1.54) is 11.0 Å². The summed E-state index contributed by atoms with van der Waals surface area (Å²) in [5.41, 5.74) is 1.65. The number of nitrogens with zero attached hydrogens (tertiary/aromatic N) is 3. The topological polar surface area (TPSA) is 67.6 Å². The number of fused-ring (bicyclic) bond motifs is 1. The Morgan fingerprint density at radius 2 is 2.00 bits per heavy atom. The zero-order valence-electron chi connectivity index (χ0n) is 15.4. The number of imidazole rings is 1. The normalized spacial score (nSPS) is 11.9. The molecule has 0 saturated heterocycles. The van der Waals surface area contributed by atoms with Crippen LogP contribution in [0.5, 0.6) is 5.75 Å². The summed E-state index contributed by atoms with van der Waals surface area (Å²) in [4.78, 5) is 18.1. The highest BCUT2D eigenvalue weighted by molar-refractivity contribution is 6.76. The van der Waals surface area contributed by atoms with Crippen molar-refractivity contribution < 1.29 is 14.6 Å². The van der Waals surface area contributed by atoms with Crippen molar-refractivity contribution in [2.45, 2.75) is 39.3 Å². The lowest BCUT2D eigenvalue weighted by molar-refractivity contribution is 0.0826. The number of carbonyl (C=O) groups excluding carboxylic acids is 1. The van der Waals surface area contributed by atoms with Crippen molar-refractivity contribution in [2.24, 2.45) is 0 Å². The van der Waals surface area contributed by atoms with E-state index in [-0.39, 0.29) is 11.7 Å². The number of hydrogen-bond donors (Lipinski definition) is 1. The molecule has 2 aromatic rings. The van der Waals surface area contributed by atoms with Gasteiger partial charge in [0, 0.05) is 34.3 Å². The first-order valence-corrected chi connectivity index (χ1v) is 11.8. The van der Waals surface area contributed by atoms with Gasteiger partial charge in [0.25, 0.3) is 5.91 Å². The van der Waals surface area contributed by atoms with E-state index in [2.05, 4.69) is 24.6 Å². The summed E-state index contributed by atoms with van der Waals surface area (Å²) in [6.07, 6.45) is 0. The molecular formula is C17H27N3O3Si. The summed E-state index contributed by atoms with van der Waals surface area (Å²) < 4.78 is 7.71. The fraction of sp³-hybridized carbons (Fsp3) is 0.529. The minimum Gasteiger partial charge on any atom is -0.506 e. The van der Waals surface area contributed by atoms with E-state index < -0.39 is 8.07 Å². The molecule has 0 fully saturated rings.